The standard InChI is InChI=1S/C14H11BrCl2O/c1-18-13-7-6-9(8-12(13)16)14(17)10-4-2-3-5-11(10)15/h2-8,14H,1H3. The summed E-state index contributed by atoms with van der Waals surface area (Å²) in [5.74, 6) is 0.649. The van der Waals surface area contributed by atoms with Crippen LogP contribution in [0.2, 0.25) is 5.02 Å². The molecule has 0 aliphatic carbocycles. The van der Waals surface area contributed by atoms with Gasteiger partial charge >= 0.3 is 0 Å². The van der Waals surface area contributed by atoms with Crippen molar-refractivity contribution in [2.75, 3.05) is 7.11 Å². The minimum atomic E-state index is -0.246. The van der Waals surface area contributed by atoms with E-state index in [1.165, 1.54) is 0 Å². The van der Waals surface area contributed by atoms with Crippen LogP contribution < -0.4 is 4.74 Å². The Hall–Kier alpha value is -0.700. The van der Waals surface area contributed by atoms with Gasteiger partial charge in [-0.2, -0.15) is 0 Å². The number of alkyl halides is 1. The fraction of sp³-hybridized carbons (Fsp3) is 0.143. The largest absolute Gasteiger partial charge is 0.495 e. The molecule has 0 spiro atoms. The molecule has 0 N–H and O–H groups in total. The second-order valence-electron chi connectivity index (χ2n) is 3.78. The van der Waals surface area contributed by atoms with Crippen LogP contribution in [0.4, 0.5) is 0 Å². The highest BCUT2D eigenvalue weighted by Gasteiger charge is 2.15. The topological polar surface area (TPSA) is 9.23 Å². The highest BCUT2D eigenvalue weighted by Crippen LogP contribution is 2.36. The first kappa shape index (κ1) is 13.7. The van der Waals surface area contributed by atoms with Gasteiger partial charge in [0.15, 0.2) is 0 Å². The Balaban J connectivity index is 2.37. The maximum Gasteiger partial charge on any atom is 0.137 e. The van der Waals surface area contributed by atoms with E-state index in [2.05, 4.69) is 15.9 Å². The van der Waals surface area contributed by atoms with Crippen molar-refractivity contribution in [3.8, 4) is 5.75 Å². The summed E-state index contributed by atoms with van der Waals surface area (Å²) in [7, 11) is 1.59. The lowest BCUT2D eigenvalue weighted by Crippen LogP contribution is -1.95. The maximum absolute atomic E-state index is 6.47. The Morgan fingerprint density at radius 1 is 1.17 bits per heavy atom. The van der Waals surface area contributed by atoms with Gasteiger partial charge in [0.1, 0.15) is 5.75 Å². The summed E-state index contributed by atoms with van der Waals surface area (Å²) < 4.78 is 6.11. The quantitative estimate of drug-likeness (QED) is 0.673. The number of ether oxygens (including phenoxy) is 1. The zero-order valence-corrected chi connectivity index (χ0v) is 12.8. The van der Waals surface area contributed by atoms with E-state index >= 15 is 0 Å². The van der Waals surface area contributed by atoms with Crippen LogP contribution in [0.15, 0.2) is 46.9 Å². The van der Waals surface area contributed by atoms with Crippen LogP contribution in [0.1, 0.15) is 16.5 Å². The summed E-state index contributed by atoms with van der Waals surface area (Å²) in [4.78, 5) is 0. The average molecular weight is 346 g/mol. The van der Waals surface area contributed by atoms with E-state index in [4.69, 9.17) is 27.9 Å². The molecule has 0 fully saturated rings. The van der Waals surface area contributed by atoms with Crippen LogP contribution in [0.3, 0.4) is 0 Å². The molecule has 1 atom stereocenters. The lowest BCUT2D eigenvalue weighted by Gasteiger charge is -2.13. The summed E-state index contributed by atoms with van der Waals surface area (Å²) in [6.07, 6.45) is 0. The van der Waals surface area contributed by atoms with Crippen molar-refractivity contribution in [2.45, 2.75) is 5.38 Å². The Kier molecular flexibility index (Phi) is 4.55. The molecule has 94 valence electrons. The molecular formula is C14H11BrCl2O. The minimum Gasteiger partial charge on any atom is -0.495 e. The fourth-order valence-corrected chi connectivity index (χ4v) is 2.94. The lowest BCUT2D eigenvalue weighted by atomic mass is 10.0. The van der Waals surface area contributed by atoms with Crippen molar-refractivity contribution in [1.82, 2.24) is 0 Å². The van der Waals surface area contributed by atoms with Crippen LogP contribution in [0.25, 0.3) is 0 Å². The molecule has 0 saturated heterocycles. The molecule has 0 amide bonds. The number of hydrogen-bond acceptors (Lipinski definition) is 1. The first-order valence-electron chi connectivity index (χ1n) is 5.35. The molecule has 1 unspecified atom stereocenters. The van der Waals surface area contributed by atoms with E-state index in [1.54, 1.807) is 7.11 Å². The molecule has 0 aromatic heterocycles. The highest BCUT2D eigenvalue weighted by atomic mass is 79.9. The molecule has 0 aliphatic heterocycles. The third kappa shape index (κ3) is 2.82. The van der Waals surface area contributed by atoms with E-state index in [0.29, 0.717) is 10.8 Å². The average Bonchev–Trinajstić information content (AvgIpc) is 2.38. The van der Waals surface area contributed by atoms with Crippen LogP contribution in [0.5, 0.6) is 5.75 Å². The summed E-state index contributed by atoms with van der Waals surface area (Å²) in [6, 6.07) is 13.4. The van der Waals surface area contributed by atoms with Gasteiger partial charge in [-0.25, -0.2) is 0 Å². The van der Waals surface area contributed by atoms with Crippen molar-refractivity contribution in [2.24, 2.45) is 0 Å². The van der Waals surface area contributed by atoms with E-state index < -0.39 is 0 Å². The third-order valence-electron chi connectivity index (χ3n) is 2.65. The zero-order chi connectivity index (χ0) is 13.1. The Morgan fingerprint density at radius 2 is 1.89 bits per heavy atom. The smallest absolute Gasteiger partial charge is 0.137 e. The Bertz CT molecular complexity index is 557. The Morgan fingerprint density at radius 3 is 2.50 bits per heavy atom. The third-order valence-corrected chi connectivity index (χ3v) is 4.15. The molecule has 0 bridgehead atoms. The molecule has 2 rings (SSSR count). The molecule has 4 heteroatoms. The normalized spacial score (nSPS) is 12.2. The molecule has 0 aliphatic rings. The van der Waals surface area contributed by atoms with Crippen LogP contribution in [-0.4, -0.2) is 7.11 Å². The van der Waals surface area contributed by atoms with Gasteiger partial charge in [-0.15, -0.1) is 11.6 Å². The summed E-state index contributed by atoms with van der Waals surface area (Å²) in [6.45, 7) is 0. The van der Waals surface area contributed by atoms with Gasteiger partial charge in [-0.3, -0.25) is 0 Å². The minimum absolute atomic E-state index is 0.246. The van der Waals surface area contributed by atoms with Gasteiger partial charge < -0.3 is 4.74 Å². The van der Waals surface area contributed by atoms with E-state index in [9.17, 15) is 0 Å². The van der Waals surface area contributed by atoms with Crippen molar-refractivity contribution >= 4 is 39.1 Å². The fourth-order valence-electron chi connectivity index (χ4n) is 1.70. The monoisotopic (exact) mass is 344 g/mol. The predicted molar refractivity (Wildman–Crippen MR) is 79.8 cm³/mol. The summed E-state index contributed by atoms with van der Waals surface area (Å²) in [5, 5.41) is 0.316. The second-order valence-corrected chi connectivity index (χ2v) is 5.48. The van der Waals surface area contributed by atoms with Crippen LogP contribution >= 0.6 is 39.1 Å². The SMILES string of the molecule is COc1ccc(C(Cl)c2ccccc2Br)cc1Cl. The summed E-state index contributed by atoms with van der Waals surface area (Å²) in [5.41, 5.74) is 1.95. The van der Waals surface area contributed by atoms with Crippen molar-refractivity contribution < 1.29 is 4.74 Å². The van der Waals surface area contributed by atoms with E-state index in [-0.39, 0.29) is 5.38 Å². The van der Waals surface area contributed by atoms with Crippen molar-refractivity contribution in [3.63, 3.8) is 0 Å². The number of halogens is 3. The van der Waals surface area contributed by atoms with Crippen LogP contribution in [0, 0.1) is 0 Å². The van der Waals surface area contributed by atoms with Gasteiger partial charge in [0.25, 0.3) is 0 Å². The number of benzene rings is 2. The molecule has 0 heterocycles. The molecule has 1 nitrogen and oxygen atoms in total. The maximum atomic E-state index is 6.47. The Labute approximate surface area is 125 Å². The second kappa shape index (κ2) is 5.96. The first-order chi connectivity index (χ1) is 8.63. The van der Waals surface area contributed by atoms with Gasteiger partial charge in [0.2, 0.25) is 0 Å². The first-order valence-corrected chi connectivity index (χ1v) is 6.96. The molecule has 18 heavy (non-hydrogen) atoms. The van der Waals surface area contributed by atoms with Gasteiger partial charge in [-0.1, -0.05) is 51.8 Å². The molecular weight excluding hydrogens is 335 g/mol. The molecule has 2 aromatic carbocycles. The molecule has 0 radical (unpaired) electrons. The molecule has 2 aromatic rings. The summed E-state index contributed by atoms with van der Waals surface area (Å²) >= 11 is 16.1. The predicted octanol–water partition coefficient (Wildman–Crippen LogP) is 5.44. The lowest BCUT2D eigenvalue weighted by molar-refractivity contribution is 0.415. The number of rotatable bonds is 3. The van der Waals surface area contributed by atoms with Gasteiger partial charge in [-0.05, 0) is 29.3 Å². The van der Waals surface area contributed by atoms with Gasteiger partial charge in [0, 0.05) is 4.47 Å². The van der Waals surface area contributed by atoms with E-state index in [1.807, 2.05) is 42.5 Å². The highest BCUT2D eigenvalue weighted by molar-refractivity contribution is 9.10. The number of hydrogen-bond donors (Lipinski definition) is 0. The van der Waals surface area contributed by atoms with E-state index in [0.717, 1.165) is 15.6 Å². The van der Waals surface area contributed by atoms with Crippen molar-refractivity contribution in [3.05, 3.63) is 63.1 Å². The zero-order valence-electron chi connectivity index (χ0n) is 9.66. The number of methoxy groups -OCH3 is 1. The van der Waals surface area contributed by atoms with Crippen LogP contribution in [-0.2, 0) is 0 Å². The van der Waals surface area contributed by atoms with Gasteiger partial charge in [0.05, 0.1) is 17.5 Å². The van der Waals surface area contributed by atoms with Crippen molar-refractivity contribution in [1.29, 1.82) is 0 Å². The molecule has 0 saturated carbocycles.